The van der Waals surface area contributed by atoms with Gasteiger partial charge < -0.3 is 21.3 Å². The van der Waals surface area contributed by atoms with Gasteiger partial charge >= 0.3 is 5.97 Å². The van der Waals surface area contributed by atoms with E-state index in [1.54, 1.807) is 18.2 Å². The first-order chi connectivity index (χ1) is 9.51. The Morgan fingerprint density at radius 1 is 1.45 bits per heavy atom. The Labute approximate surface area is 118 Å². The van der Waals surface area contributed by atoms with Crippen molar-refractivity contribution in [2.45, 2.75) is 12.5 Å². The molecule has 106 valence electrons. The monoisotopic (exact) mass is 295 g/mol. The Morgan fingerprint density at radius 2 is 2.20 bits per heavy atom. The maximum absolute atomic E-state index is 12.0. The molecular formula is C12H13N3O4S. The molecule has 1 amide bonds. The first kappa shape index (κ1) is 14.2. The fourth-order valence-corrected chi connectivity index (χ4v) is 2.49. The number of aromatic nitrogens is 1. The number of carbonyl (C=O) groups excluding carboxylic acids is 1. The van der Waals surface area contributed by atoms with Crippen molar-refractivity contribution in [2.24, 2.45) is 0 Å². The van der Waals surface area contributed by atoms with Gasteiger partial charge in [-0.25, -0.2) is 9.78 Å². The fraction of sp³-hybridized carbons (Fsp3) is 0.250. The van der Waals surface area contributed by atoms with Crippen LogP contribution < -0.4 is 11.1 Å². The number of aliphatic hydroxyl groups is 1. The molecule has 0 aliphatic heterocycles. The number of nitrogens with two attached hydrogens (primary N) is 1. The zero-order chi connectivity index (χ0) is 14.7. The van der Waals surface area contributed by atoms with Gasteiger partial charge in [-0.05, 0) is 18.2 Å². The minimum absolute atomic E-state index is 0.0448. The molecule has 1 heterocycles. The van der Waals surface area contributed by atoms with E-state index in [-0.39, 0.29) is 13.0 Å². The summed E-state index contributed by atoms with van der Waals surface area (Å²) < 4.78 is 0.754. The molecule has 0 saturated heterocycles. The van der Waals surface area contributed by atoms with Gasteiger partial charge in [0.25, 0.3) is 5.91 Å². The summed E-state index contributed by atoms with van der Waals surface area (Å²) in [6.45, 7) is -0.318. The third kappa shape index (κ3) is 3.03. The molecule has 20 heavy (non-hydrogen) atoms. The van der Waals surface area contributed by atoms with E-state index in [4.69, 9.17) is 15.9 Å². The summed E-state index contributed by atoms with van der Waals surface area (Å²) in [5.41, 5.74) is 6.59. The Bertz CT molecular complexity index is 655. The van der Waals surface area contributed by atoms with Gasteiger partial charge in [0.2, 0.25) is 0 Å². The molecule has 0 aliphatic rings. The number of rotatable bonds is 5. The minimum atomic E-state index is -1.18. The fourth-order valence-electron chi connectivity index (χ4n) is 1.71. The van der Waals surface area contributed by atoms with E-state index < -0.39 is 17.9 Å². The van der Waals surface area contributed by atoms with Crippen LogP contribution in [0, 0.1) is 0 Å². The molecule has 0 spiro atoms. The van der Waals surface area contributed by atoms with Crippen LogP contribution in [0.5, 0.6) is 0 Å². The second-order valence-electron chi connectivity index (χ2n) is 4.11. The average Bonchev–Trinajstić information content (AvgIpc) is 2.76. The van der Waals surface area contributed by atoms with Crippen molar-refractivity contribution in [2.75, 3.05) is 12.3 Å². The van der Waals surface area contributed by atoms with Crippen LogP contribution in [-0.2, 0) is 4.79 Å². The average molecular weight is 295 g/mol. The SMILES string of the molecule is Nc1nc2ccc(C(=O)N[C@@H](CCO)C(=O)O)cc2s1. The van der Waals surface area contributed by atoms with E-state index in [1.807, 2.05) is 0 Å². The second kappa shape index (κ2) is 5.85. The van der Waals surface area contributed by atoms with Crippen molar-refractivity contribution in [3.8, 4) is 0 Å². The normalized spacial score (nSPS) is 12.2. The van der Waals surface area contributed by atoms with Crippen molar-refractivity contribution in [3.05, 3.63) is 23.8 Å². The smallest absolute Gasteiger partial charge is 0.326 e. The second-order valence-corrected chi connectivity index (χ2v) is 5.17. The number of anilines is 1. The van der Waals surface area contributed by atoms with Crippen LogP contribution >= 0.6 is 11.3 Å². The van der Waals surface area contributed by atoms with E-state index >= 15 is 0 Å². The highest BCUT2D eigenvalue weighted by molar-refractivity contribution is 7.22. The maximum Gasteiger partial charge on any atom is 0.326 e. The van der Waals surface area contributed by atoms with Gasteiger partial charge in [-0.1, -0.05) is 11.3 Å². The zero-order valence-electron chi connectivity index (χ0n) is 10.4. The van der Waals surface area contributed by atoms with Crippen LogP contribution in [-0.4, -0.2) is 39.7 Å². The third-order valence-electron chi connectivity index (χ3n) is 2.69. The molecule has 0 saturated carbocycles. The van der Waals surface area contributed by atoms with E-state index in [0.717, 1.165) is 4.70 Å². The molecule has 8 heteroatoms. The molecule has 1 aromatic carbocycles. The van der Waals surface area contributed by atoms with E-state index in [1.165, 1.54) is 11.3 Å². The van der Waals surface area contributed by atoms with E-state index in [0.29, 0.717) is 16.2 Å². The number of hydrogen-bond donors (Lipinski definition) is 4. The topological polar surface area (TPSA) is 126 Å². The van der Waals surface area contributed by atoms with Crippen LogP contribution in [0.3, 0.4) is 0 Å². The Balaban J connectivity index is 2.19. The standard InChI is InChI=1S/C12H13N3O4S/c13-12-15-7-2-1-6(5-9(7)20-12)10(17)14-8(3-4-16)11(18)19/h1-2,5,8,16H,3-4H2,(H2,13,15)(H,14,17)(H,18,19)/t8-/m0/s1. The highest BCUT2D eigenvalue weighted by Gasteiger charge is 2.20. The summed E-state index contributed by atoms with van der Waals surface area (Å²) in [5, 5.41) is 20.5. The molecule has 7 nitrogen and oxygen atoms in total. The lowest BCUT2D eigenvalue weighted by Crippen LogP contribution is -2.41. The Morgan fingerprint density at radius 3 is 2.85 bits per heavy atom. The number of amides is 1. The van der Waals surface area contributed by atoms with E-state index in [2.05, 4.69) is 10.3 Å². The summed E-state index contributed by atoms with van der Waals surface area (Å²) in [7, 11) is 0. The van der Waals surface area contributed by atoms with Gasteiger partial charge in [-0.3, -0.25) is 4.79 Å². The first-order valence-corrected chi connectivity index (χ1v) is 6.63. The van der Waals surface area contributed by atoms with Gasteiger partial charge in [0.05, 0.1) is 10.2 Å². The van der Waals surface area contributed by atoms with Gasteiger partial charge in [-0.2, -0.15) is 0 Å². The number of hydrogen-bond acceptors (Lipinski definition) is 6. The molecule has 0 aliphatic carbocycles. The molecule has 0 radical (unpaired) electrons. The van der Waals surface area contributed by atoms with Crippen LogP contribution in [0.2, 0.25) is 0 Å². The van der Waals surface area contributed by atoms with Crippen LogP contribution in [0.1, 0.15) is 16.8 Å². The summed E-state index contributed by atoms with van der Waals surface area (Å²) >= 11 is 1.25. The lowest BCUT2D eigenvalue weighted by molar-refractivity contribution is -0.139. The van der Waals surface area contributed by atoms with Gasteiger partial charge in [-0.15, -0.1) is 0 Å². The third-order valence-corrected chi connectivity index (χ3v) is 3.54. The number of nitrogens with zero attached hydrogens (tertiary/aromatic N) is 1. The number of nitrogens with one attached hydrogen (secondary N) is 1. The van der Waals surface area contributed by atoms with E-state index in [9.17, 15) is 9.59 Å². The lowest BCUT2D eigenvalue weighted by atomic mass is 10.1. The predicted molar refractivity (Wildman–Crippen MR) is 74.6 cm³/mol. The highest BCUT2D eigenvalue weighted by atomic mass is 32.1. The van der Waals surface area contributed by atoms with Gasteiger partial charge in [0, 0.05) is 18.6 Å². The quantitative estimate of drug-likeness (QED) is 0.634. The minimum Gasteiger partial charge on any atom is -0.480 e. The lowest BCUT2D eigenvalue weighted by Gasteiger charge is -2.13. The number of carboxylic acid groups (broad SMARTS) is 1. The Hall–Kier alpha value is -2.19. The first-order valence-electron chi connectivity index (χ1n) is 5.82. The van der Waals surface area contributed by atoms with Crippen molar-refractivity contribution in [1.82, 2.24) is 10.3 Å². The molecule has 2 rings (SSSR count). The molecule has 1 aromatic heterocycles. The molecule has 0 fully saturated rings. The number of fused-ring (bicyclic) bond motifs is 1. The Kier molecular flexibility index (Phi) is 4.16. The molecule has 2 aromatic rings. The van der Waals surface area contributed by atoms with Crippen molar-refractivity contribution >= 4 is 38.6 Å². The van der Waals surface area contributed by atoms with Gasteiger partial charge in [0.15, 0.2) is 5.13 Å². The van der Waals surface area contributed by atoms with Crippen LogP contribution in [0.15, 0.2) is 18.2 Å². The van der Waals surface area contributed by atoms with Crippen LogP contribution in [0.4, 0.5) is 5.13 Å². The number of thiazole rings is 1. The summed E-state index contributed by atoms with van der Waals surface area (Å²) in [4.78, 5) is 27.0. The number of benzene rings is 1. The highest BCUT2D eigenvalue weighted by Crippen LogP contribution is 2.24. The summed E-state index contributed by atoms with van der Waals surface area (Å²) in [6.07, 6.45) is -0.0448. The molecule has 1 atom stereocenters. The van der Waals surface area contributed by atoms with Crippen molar-refractivity contribution in [3.63, 3.8) is 0 Å². The number of carboxylic acids is 1. The zero-order valence-corrected chi connectivity index (χ0v) is 11.2. The van der Waals surface area contributed by atoms with Gasteiger partial charge in [0.1, 0.15) is 6.04 Å². The molecule has 0 bridgehead atoms. The summed E-state index contributed by atoms with van der Waals surface area (Å²) in [5.74, 6) is -1.70. The number of carbonyl (C=O) groups is 2. The number of aliphatic carboxylic acids is 1. The predicted octanol–water partition coefficient (Wildman–Crippen LogP) is 0.444. The number of nitrogen functional groups attached to an aromatic ring is 1. The largest absolute Gasteiger partial charge is 0.480 e. The molecular weight excluding hydrogens is 282 g/mol. The summed E-state index contributed by atoms with van der Waals surface area (Å²) in [6, 6.07) is 3.69. The molecule has 5 N–H and O–H groups in total. The molecule has 0 unspecified atom stereocenters. The van der Waals surface area contributed by atoms with Crippen molar-refractivity contribution < 1.29 is 19.8 Å². The van der Waals surface area contributed by atoms with Crippen LogP contribution in [0.25, 0.3) is 10.2 Å². The maximum atomic E-state index is 12.0. The van der Waals surface area contributed by atoms with Crippen molar-refractivity contribution in [1.29, 1.82) is 0 Å². The number of aliphatic hydroxyl groups excluding tert-OH is 1.